The second-order valence-electron chi connectivity index (χ2n) is 29.9. The molecule has 2 unspecified atom stereocenters. The predicted molar refractivity (Wildman–Crippen MR) is 400 cm³/mol. The molecule has 0 rings (SSSR count). The smallest absolute Gasteiger partial charge is 0.462 e. The molecule has 0 aromatic carbocycles. The number of aliphatic hydroxyl groups is 1. The highest BCUT2D eigenvalue weighted by Crippen LogP contribution is 2.45. The maximum absolute atomic E-state index is 13.1. The van der Waals surface area contributed by atoms with Crippen LogP contribution in [0.2, 0.25) is 0 Å². The molecular weight excluding hydrogens is 1280 g/mol. The van der Waals surface area contributed by atoms with Gasteiger partial charge in [-0.1, -0.05) is 357 Å². The second-order valence-corrected chi connectivity index (χ2v) is 32.8. The first-order chi connectivity index (χ1) is 47.2. The minimum Gasteiger partial charge on any atom is -0.462 e. The molecule has 582 valence electrons. The van der Waals surface area contributed by atoms with Gasteiger partial charge >= 0.3 is 39.5 Å². The van der Waals surface area contributed by atoms with Crippen molar-refractivity contribution in [3.63, 3.8) is 0 Å². The topological polar surface area (TPSA) is 237 Å². The van der Waals surface area contributed by atoms with Gasteiger partial charge in [-0.15, -0.1) is 0 Å². The molecule has 0 aliphatic heterocycles. The fourth-order valence-corrected chi connectivity index (χ4v) is 13.7. The van der Waals surface area contributed by atoms with E-state index in [0.29, 0.717) is 31.6 Å². The number of aliphatic hydroxyl groups excluding tert-OH is 1. The Hall–Kier alpha value is -1.94. The van der Waals surface area contributed by atoms with Crippen molar-refractivity contribution in [2.45, 2.75) is 426 Å². The van der Waals surface area contributed by atoms with Crippen molar-refractivity contribution in [1.82, 2.24) is 0 Å². The summed E-state index contributed by atoms with van der Waals surface area (Å²) in [5.41, 5.74) is 0. The summed E-state index contributed by atoms with van der Waals surface area (Å²) in [6.07, 6.45) is 57.0. The van der Waals surface area contributed by atoms with Gasteiger partial charge in [0.05, 0.1) is 26.4 Å². The van der Waals surface area contributed by atoms with E-state index in [-0.39, 0.29) is 25.7 Å². The lowest BCUT2D eigenvalue weighted by Gasteiger charge is -2.21. The van der Waals surface area contributed by atoms with Crippen molar-refractivity contribution in [2.75, 3.05) is 39.6 Å². The lowest BCUT2D eigenvalue weighted by Crippen LogP contribution is -2.30. The molecule has 17 nitrogen and oxygen atoms in total. The molecule has 5 atom stereocenters. The van der Waals surface area contributed by atoms with Crippen LogP contribution in [0, 0.1) is 17.8 Å². The molecule has 0 spiro atoms. The minimum atomic E-state index is -4.96. The monoisotopic (exact) mass is 1440 g/mol. The fourth-order valence-electron chi connectivity index (χ4n) is 12.1. The maximum atomic E-state index is 13.1. The molecule has 0 fully saturated rings. The average molecular weight is 1440 g/mol. The summed E-state index contributed by atoms with van der Waals surface area (Å²) < 4.78 is 68.6. The van der Waals surface area contributed by atoms with Gasteiger partial charge in [0.15, 0.2) is 12.2 Å². The van der Waals surface area contributed by atoms with Crippen LogP contribution in [0.15, 0.2) is 0 Å². The van der Waals surface area contributed by atoms with Gasteiger partial charge in [-0.3, -0.25) is 37.3 Å². The number of phosphoric acid groups is 2. The van der Waals surface area contributed by atoms with Gasteiger partial charge in [-0.25, -0.2) is 9.13 Å². The van der Waals surface area contributed by atoms with E-state index in [2.05, 4.69) is 48.5 Å². The van der Waals surface area contributed by atoms with Crippen LogP contribution in [0.4, 0.5) is 0 Å². The SMILES string of the molecule is CCCCCCCCCCCCCCCCCCCCC(=O)O[C@H](COC(=O)CCCCCCCCCCCCCCCC(C)C)COP(=O)(O)OC[C@@H](O)COP(=O)(O)OC[C@@H](COC(=O)CCCCCCCCC(C)C)OC(=O)CCCCCCCCCCCCCCC(C)C. The Bertz CT molecular complexity index is 1900. The Kier molecular flexibility index (Phi) is 68.1. The van der Waals surface area contributed by atoms with E-state index in [1.807, 2.05) is 0 Å². The molecular formula is C79H154O17P2. The number of carbonyl (C=O) groups is 4. The molecule has 98 heavy (non-hydrogen) atoms. The first kappa shape index (κ1) is 96.1. The lowest BCUT2D eigenvalue weighted by atomic mass is 10.0. The standard InChI is InChI=1S/C79H154O17P2/c1-8-9-10-11-12-13-14-15-16-17-18-19-22-29-34-39-48-55-62-78(83)95-74(66-89-76(81)60-53-46-38-33-28-23-20-21-26-31-36-43-50-57-70(2)3)68-93-97(85,86)91-64-73(80)65-92-98(87,88)94-69-75(67-90-77(82)61-54-47-42-41-45-52-59-72(6)7)96-79(84)63-56-49-40-35-30-25-24-27-32-37-44-51-58-71(4)5/h70-75,80H,8-69H2,1-7H3,(H,85,86)(H,87,88)/t73-,74-,75-/m1/s1. The highest BCUT2D eigenvalue weighted by molar-refractivity contribution is 7.47. The minimum absolute atomic E-state index is 0.106. The van der Waals surface area contributed by atoms with Crippen LogP contribution in [0.5, 0.6) is 0 Å². The van der Waals surface area contributed by atoms with E-state index in [1.54, 1.807) is 0 Å². The molecule has 3 N–H and O–H groups in total. The summed E-state index contributed by atoms with van der Waals surface area (Å²) in [5.74, 6) is 0.132. The molecule has 0 aliphatic rings. The molecule has 19 heteroatoms. The first-order valence-corrected chi connectivity index (χ1v) is 43.8. The van der Waals surface area contributed by atoms with Crippen molar-refractivity contribution in [3.05, 3.63) is 0 Å². The maximum Gasteiger partial charge on any atom is 0.472 e. The fraction of sp³-hybridized carbons (Fsp3) is 0.949. The van der Waals surface area contributed by atoms with Crippen LogP contribution in [0.25, 0.3) is 0 Å². The van der Waals surface area contributed by atoms with Crippen molar-refractivity contribution < 1.29 is 80.2 Å². The molecule has 0 amide bonds. The summed E-state index contributed by atoms with van der Waals surface area (Å²) in [4.78, 5) is 72.9. The number of carbonyl (C=O) groups excluding carboxylic acids is 4. The van der Waals surface area contributed by atoms with Crippen LogP contribution in [-0.2, 0) is 65.4 Å². The average Bonchev–Trinajstić information content (AvgIpc) is 0.950. The number of rotatable bonds is 77. The predicted octanol–water partition coefficient (Wildman–Crippen LogP) is 23.4. The Morgan fingerprint density at radius 1 is 0.276 bits per heavy atom. The highest BCUT2D eigenvalue weighted by Gasteiger charge is 2.30. The van der Waals surface area contributed by atoms with Gasteiger partial charge in [-0.2, -0.15) is 0 Å². The van der Waals surface area contributed by atoms with Gasteiger partial charge in [-0.05, 0) is 43.4 Å². The summed E-state index contributed by atoms with van der Waals surface area (Å²) in [6.45, 7) is 11.9. The second kappa shape index (κ2) is 69.4. The van der Waals surface area contributed by atoms with E-state index in [4.69, 9.17) is 37.0 Å². The highest BCUT2D eigenvalue weighted by atomic mass is 31.2. The summed E-state index contributed by atoms with van der Waals surface area (Å²) >= 11 is 0. The van der Waals surface area contributed by atoms with E-state index >= 15 is 0 Å². The Labute approximate surface area is 600 Å². The third kappa shape index (κ3) is 72.4. The Morgan fingerprint density at radius 2 is 0.469 bits per heavy atom. The summed E-state index contributed by atoms with van der Waals surface area (Å²) in [5, 5.41) is 10.6. The largest absolute Gasteiger partial charge is 0.472 e. The number of esters is 4. The van der Waals surface area contributed by atoms with Crippen LogP contribution < -0.4 is 0 Å². The Balaban J connectivity index is 5.23. The lowest BCUT2D eigenvalue weighted by molar-refractivity contribution is -0.161. The molecule has 0 bridgehead atoms. The number of unbranched alkanes of at least 4 members (excludes halogenated alkanes) is 45. The number of hydrogen-bond donors (Lipinski definition) is 3. The van der Waals surface area contributed by atoms with Gasteiger partial charge in [0.1, 0.15) is 19.3 Å². The molecule has 0 aromatic heterocycles. The third-order valence-electron chi connectivity index (χ3n) is 18.4. The van der Waals surface area contributed by atoms with Crippen LogP contribution in [-0.4, -0.2) is 96.7 Å². The van der Waals surface area contributed by atoms with Crippen molar-refractivity contribution in [1.29, 1.82) is 0 Å². The molecule has 0 aromatic rings. The van der Waals surface area contributed by atoms with Crippen molar-refractivity contribution >= 4 is 39.5 Å². The molecule has 0 heterocycles. The molecule has 0 saturated heterocycles. The summed E-state index contributed by atoms with van der Waals surface area (Å²) in [7, 11) is -9.92. The van der Waals surface area contributed by atoms with Gasteiger partial charge < -0.3 is 33.8 Å². The zero-order valence-corrected chi connectivity index (χ0v) is 66.0. The zero-order valence-electron chi connectivity index (χ0n) is 64.3. The molecule has 0 aliphatic carbocycles. The van der Waals surface area contributed by atoms with Crippen molar-refractivity contribution in [2.24, 2.45) is 17.8 Å². The summed E-state index contributed by atoms with van der Waals surface area (Å²) in [6, 6.07) is 0. The van der Waals surface area contributed by atoms with Gasteiger partial charge in [0.25, 0.3) is 0 Å². The molecule has 0 radical (unpaired) electrons. The van der Waals surface area contributed by atoms with E-state index in [9.17, 15) is 43.2 Å². The first-order valence-electron chi connectivity index (χ1n) is 40.8. The third-order valence-corrected chi connectivity index (χ3v) is 20.3. The van der Waals surface area contributed by atoms with Gasteiger partial charge in [0, 0.05) is 25.7 Å². The zero-order chi connectivity index (χ0) is 72.3. The van der Waals surface area contributed by atoms with Crippen molar-refractivity contribution in [3.8, 4) is 0 Å². The number of phosphoric ester groups is 2. The normalized spacial score (nSPS) is 14.0. The van der Waals surface area contributed by atoms with E-state index in [1.165, 1.54) is 212 Å². The quantitative estimate of drug-likeness (QED) is 0.0222. The number of ether oxygens (including phenoxy) is 4. The van der Waals surface area contributed by atoms with Gasteiger partial charge in [0.2, 0.25) is 0 Å². The Morgan fingerprint density at radius 3 is 0.694 bits per heavy atom. The van der Waals surface area contributed by atoms with E-state index < -0.39 is 97.5 Å². The molecule has 0 saturated carbocycles. The van der Waals surface area contributed by atoms with Crippen LogP contribution in [0.1, 0.15) is 408 Å². The van der Waals surface area contributed by atoms with Crippen LogP contribution in [0.3, 0.4) is 0 Å². The van der Waals surface area contributed by atoms with E-state index in [0.717, 1.165) is 108 Å². The number of hydrogen-bond acceptors (Lipinski definition) is 15. The van der Waals surface area contributed by atoms with Crippen LogP contribution >= 0.6 is 15.6 Å².